The van der Waals surface area contributed by atoms with Gasteiger partial charge >= 0.3 is 0 Å². The summed E-state index contributed by atoms with van der Waals surface area (Å²) in [6.07, 6.45) is 0. The summed E-state index contributed by atoms with van der Waals surface area (Å²) in [5.41, 5.74) is 2.34. The highest BCUT2D eigenvalue weighted by atomic mass is 79.9. The Hall–Kier alpha value is -0.570. The van der Waals surface area contributed by atoms with E-state index >= 15 is 0 Å². The van der Waals surface area contributed by atoms with Gasteiger partial charge in [0.15, 0.2) is 0 Å². The summed E-state index contributed by atoms with van der Waals surface area (Å²) < 4.78 is 13.3. The van der Waals surface area contributed by atoms with E-state index in [1.165, 1.54) is 12.1 Å². The highest BCUT2D eigenvalue weighted by Gasteiger charge is 2.12. The molecule has 2 aromatic rings. The van der Waals surface area contributed by atoms with E-state index in [0.717, 1.165) is 11.1 Å². The summed E-state index contributed by atoms with van der Waals surface area (Å²) in [5.74, 6) is -0.305. The van der Waals surface area contributed by atoms with Gasteiger partial charge in [-0.1, -0.05) is 51.3 Å². The summed E-state index contributed by atoms with van der Waals surface area (Å²) in [5, 5.41) is 1.65. The molecule has 0 unspecified atom stereocenters. The van der Waals surface area contributed by atoms with Crippen LogP contribution in [0.5, 0.6) is 0 Å². The van der Waals surface area contributed by atoms with E-state index < -0.39 is 0 Å². The second-order valence-corrected chi connectivity index (χ2v) is 4.91. The van der Waals surface area contributed by atoms with Gasteiger partial charge in [0.25, 0.3) is 0 Å². The predicted molar refractivity (Wildman–Crippen MR) is 74.5 cm³/mol. The van der Waals surface area contributed by atoms with Crippen LogP contribution in [-0.2, 0) is 5.33 Å². The molecule has 0 aliphatic rings. The van der Waals surface area contributed by atoms with E-state index in [4.69, 9.17) is 23.2 Å². The lowest BCUT2D eigenvalue weighted by Gasteiger charge is -2.11. The summed E-state index contributed by atoms with van der Waals surface area (Å²) >= 11 is 15.6. The molecule has 0 bridgehead atoms. The van der Waals surface area contributed by atoms with Crippen molar-refractivity contribution in [3.8, 4) is 11.1 Å². The number of halogens is 4. The fourth-order valence-corrected chi connectivity index (χ4v) is 2.74. The van der Waals surface area contributed by atoms with Crippen molar-refractivity contribution < 1.29 is 4.39 Å². The zero-order chi connectivity index (χ0) is 12.4. The second-order valence-electron chi connectivity index (χ2n) is 3.53. The Kier molecular flexibility index (Phi) is 4.08. The second kappa shape index (κ2) is 5.38. The first-order valence-electron chi connectivity index (χ1n) is 4.92. The molecule has 0 nitrogen and oxygen atoms in total. The fourth-order valence-electron chi connectivity index (χ4n) is 1.65. The third kappa shape index (κ3) is 2.65. The number of hydrogen-bond acceptors (Lipinski definition) is 0. The van der Waals surface area contributed by atoms with Crippen LogP contribution in [0, 0.1) is 5.82 Å². The lowest BCUT2D eigenvalue weighted by molar-refractivity contribution is 0.628. The first-order valence-corrected chi connectivity index (χ1v) is 6.80. The van der Waals surface area contributed by atoms with Crippen LogP contribution >= 0.6 is 39.1 Å². The van der Waals surface area contributed by atoms with Gasteiger partial charge in [-0.2, -0.15) is 0 Å². The number of hydrogen-bond donors (Lipinski definition) is 0. The molecule has 0 spiro atoms. The largest absolute Gasteiger partial charge is 0.207 e. The molecule has 88 valence electrons. The maximum Gasteiger partial charge on any atom is 0.123 e. The average molecular weight is 334 g/mol. The first-order chi connectivity index (χ1) is 8.13. The molecule has 0 heterocycles. The molecule has 17 heavy (non-hydrogen) atoms. The molecule has 0 amide bonds. The average Bonchev–Trinajstić information content (AvgIpc) is 2.29. The monoisotopic (exact) mass is 332 g/mol. The van der Waals surface area contributed by atoms with Crippen LogP contribution in [0.25, 0.3) is 11.1 Å². The molecule has 0 saturated heterocycles. The Morgan fingerprint density at radius 3 is 2.29 bits per heavy atom. The van der Waals surface area contributed by atoms with E-state index in [0.29, 0.717) is 20.9 Å². The van der Waals surface area contributed by atoms with Crippen molar-refractivity contribution in [2.75, 3.05) is 0 Å². The molecule has 0 aliphatic heterocycles. The van der Waals surface area contributed by atoms with Gasteiger partial charge in [0.05, 0.1) is 0 Å². The highest BCUT2D eigenvalue weighted by Crippen LogP contribution is 2.37. The van der Waals surface area contributed by atoms with Gasteiger partial charge in [0.1, 0.15) is 5.82 Å². The zero-order valence-electron chi connectivity index (χ0n) is 8.68. The van der Waals surface area contributed by atoms with E-state index in [2.05, 4.69) is 15.9 Å². The van der Waals surface area contributed by atoms with Crippen molar-refractivity contribution in [2.24, 2.45) is 0 Å². The molecule has 0 radical (unpaired) electrons. The van der Waals surface area contributed by atoms with Crippen molar-refractivity contribution in [1.29, 1.82) is 0 Å². The Bertz CT molecular complexity index is 535. The lowest BCUT2D eigenvalue weighted by Crippen LogP contribution is -1.90. The van der Waals surface area contributed by atoms with Gasteiger partial charge in [-0.25, -0.2) is 4.39 Å². The molecule has 0 aromatic heterocycles. The van der Waals surface area contributed by atoms with E-state index in [1.807, 2.05) is 0 Å². The van der Waals surface area contributed by atoms with Crippen LogP contribution in [0.2, 0.25) is 10.0 Å². The van der Waals surface area contributed by atoms with Crippen molar-refractivity contribution in [3.63, 3.8) is 0 Å². The fraction of sp³-hybridized carbons (Fsp3) is 0.0769. The van der Waals surface area contributed by atoms with Gasteiger partial charge in [0, 0.05) is 20.9 Å². The topological polar surface area (TPSA) is 0 Å². The van der Waals surface area contributed by atoms with Crippen molar-refractivity contribution in [3.05, 3.63) is 57.8 Å². The zero-order valence-corrected chi connectivity index (χ0v) is 11.8. The number of rotatable bonds is 2. The number of benzene rings is 2. The van der Waals surface area contributed by atoms with Crippen LogP contribution in [-0.4, -0.2) is 0 Å². The van der Waals surface area contributed by atoms with Crippen LogP contribution in [0.1, 0.15) is 5.56 Å². The Labute approximate surface area is 117 Å². The maximum atomic E-state index is 13.3. The normalized spacial score (nSPS) is 10.6. The summed E-state index contributed by atoms with van der Waals surface area (Å²) in [6, 6.07) is 9.84. The minimum absolute atomic E-state index is 0.305. The minimum Gasteiger partial charge on any atom is -0.207 e. The quantitative estimate of drug-likeness (QED) is 0.619. The molecule has 0 fully saturated rings. The summed E-state index contributed by atoms with van der Waals surface area (Å²) in [6.45, 7) is 0. The van der Waals surface area contributed by atoms with Crippen LogP contribution in [0.4, 0.5) is 4.39 Å². The molecular formula is C13H8BrCl2F. The Morgan fingerprint density at radius 1 is 1.06 bits per heavy atom. The van der Waals surface area contributed by atoms with Gasteiger partial charge in [0.2, 0.25) is 0 Å². The number of alkyl halides is 1. The molecule has 2 aromatic carbocycles. The van der Waals surface area contributed by atoms with Crippen LogP contribution < -0.4 is 0 Å². The Balaban J connectivity index is 2.71. The van der Waals surface area contributed by atoms with Gasteiger partial charge < -0.3 is 0 Å². The van der Waals surface area contributed by atoms with Gasteiger partial charge in [-0.3, -0.25) is 0 Å². The van der Waals surface area contributed by atoms with E-state index in [-0.39, 0.29) is 5.82 Å². The minimum atomic E-state index is -0.305. The molecule has 0 N–H and O–H groups in total. The molecule has 0 aliphatic carbocycles. The molecule has 0 atom stereocenters. The van der Waals surface area contributed by atoms with E-state index in [1.54, 1.807) is 24.3 Å². The molecule has 0 saturated carbocycles. The molecular weight excluding hydrogens is 326 g/mol. The van der Waals surface area contributed by atoms with Crippen LogP contribution in [0.15, 0.2) is 36.4 Å². The van der Waals surface area contributed by atoms with Crippen LogP contribution in [0.3, 0.4) is 0 Å². The third-order valence-electron chi connectivity index (χ3n) is 2.45. The molecule has 2 rings (SSSR count). The Morgan fingerprint density at radius 2 is 1.71 bits per heavy atom. The smallest absolute Gasteiger partial charge is 0.123 e. The van der Waals surface area contributed by atoms with Gasteiger partial charge in [-0.15, -0.1) is 0 Å². The first kappa shape index (κ1) is 12.9. The SMILES string of the molecule is Fc1ccc(CBr)c(-c2c(Cl)cccc2Cl)c1. The predicted octanol–water partition coefficient (Wildman–Crippen LogP) is 5.69. The van der Waals surface area contributed by atoms with Gasteiger partial charge in [-0.05, 0) is 35.4 Å². The highest BCUT2D eigenvalue weighted by molar-refractivity contribution is 9.08. The third-order valence-corrected chi connectivity index (χ3v) is 3.68. The van der Waals surface area contributed by atoms with E-state index in [9.17, 15) is 4.39 Å². The summed E-state index contributed by atoms with van der Waals surface area (Å²) in [7, 11) is 0. The maximum absolute atomic E-state index is 13.3. The standard InChI is InChI=1S/C13H8BrCl2F/c14-7-8-4-5-9(17)6-10(8)13-11(15)2-1-3-12(13)16/h1-6H,7H2. The summed E-state index contributed by atoms with van der Waals surface area (Å²) in [4.78, 5) is 0. The van der Waals surface area contributed by atoms with Crippen molar-refractivity contribution in [1.82, 2.24) is 0 Å². The lowest BCUT2D eigenvalue weighted by atomic mass is 10.0. The molecule has 4 heteroatoms. The van der Waals surface area contributed by atoms with Crippen molar-refractivity contribution in [2.45, 2.75) is 5.33 Å². The van der Waals surface area contributed by atoms with Crippen molar-refractivity contribution >= 4 is 39.1 Å².